The predicted octanol–water partition coefficient (Wildman–Crippen LogP) is 4.51. The normalized spacial score (nSPS) is 18.5. The largest absolute Gasteiger partial charge is 0.496 e. The quantitative estimate of drug-likeness (QED) is 0.804. The van der Waals surface area contributed by atoms with Crippen molar-refractivity contribution in [2.45, 2.75) is 65.1 Å². The van der Waals surface area contributed by atoms with E-state index in [0.717, 1.165) is 11.3 Å². The molecular weight excluding hydrogens is 276 g/mol. The van der Waals surface area contributed by atoms with Gasteiger partial charge in [0.05, 0.1) is 20.3 Å². The van der Waals surface area contributed by atoms with E-state index in [2.05, 4.69) is 53.7 Å². The van der Waals surface area contributed by atoms with Gasteiger partial charge in [0.15, 0.2) is 5.79 Å². The van der Waals surface area contributed by atoms with Crippen LogP contribution in [0.1, 0.15) is 65.2 Å². The fraction of sp³-hybridized carbons (Fsp3) is 0.684. The van der Waals surface area contributed by atoms with Gasteiger partial charge < -0.3 is 14.2 Å². The molecular formula is C19H30O3. The second kappa shape index (κ2) is 5.54. The molecule has 0 spiro atoms. The zero-order valence-corrected chi connectivity index (χ0v) is 15.3. The van der Waals surface area contributed by atoms with E-state index >= 15 is 0 Å². The Labute approximate surface area is 135 Å². The van der Waals surface area contributed by atoms with Gasteiger partial charge in [0, 0.05) is 16.7 Å². The fourth-order valence-electron chi connectivity index (χ4n) is 2.91. The second-order valence-electron chi connectivity index (χ2n) is 8.25. The maximum absolute atomic E-state index is 5.87. The van der Waals surface area contributed by atoms with Crippen LogP contribution in [0.5, 0.6) is 5.75 Å². The summed E-state index contributed by atoms with van der Waals surface area (Å²) in [5, 5.41) is 0. The van der Waals surface area contributed by atoms with Gasteiger partial charge in [0.2, 0.25) is 0 Å². The molecule has 3 heteroatoms. The maximum Gasteiger partial charge on any atom is 0.192 e. The van der Waals surface area contributed by atoms with Crippen molar-refractivity contribution in [3.8, 4) is 5.75 Å². The smallest absolute Gasteiger partial charge is 0.192 e. The first kappa shape index (κ1) is 17.3. The maximum atomic E-state index is 5.87. The fourth-order valence-corrected chi connectivity index (χ4v) is 2.91. The zero-order chi connectivity index (χ0) is 16.8. The van der Waals surface area contributed by atoms with Gasteiger partial charge in [-0.2, -0.15) is 0 Å². The number of hydrogen-bond acceptors (Lipinski definition) is 3. The summed E-state index contributed by atoms with van der Waals surface area (Å²) in [7, 11) is 1.75. The molecule has 22 heavy (non-hydrogen) atoms. The summed E-state index contributed by atoms with van der Waals surface area (Å²) < 4.78 is 17.5. The highest BCUT2D eigenvalue weighted by Gasteiger charge is 2.37. The van der Waals surface area contributed by atoms with Crippen molar-refractivity contribution in [3.63, 3.8) is 0 Å². The lowest BCUT2D eigenvalue weighted by molar-refractivity contribution is -0.149. The van der Waals surface area contributed by atoms with Crippen molar-refractivity contribution in [2.24, 2.45) is 0 Å². The highest BCUT2D eigenvalue weighted by atomic mass is 16.7. The number of ether oxygens (including phenoxy) is 3. The van der Waals surface area contributed by atoms with E-state index in [1.165, 1.54) is 11.1 Å². The first-order chi connectivity index (χ1) is 9.99. The SMILES string of the molecule is COc1c(C(C)(C)C)cc(C2(C)OCCO2)cc1C(C)(C)C. The molecule has 1 aromatic rings. The third-order valence-electron chi connectivity index (χ3n) is 4.27. The van der Waals surface area contributed by atoms with Crippen molar-refractivity contribution in [1.29, 1.82) is 0 Å². The Hall–Kier alpha value is -1.06. The van der Waals surface area contributed by atoms with Crippen LogP contribution in [0.3, 0.4) is 0 Å². The van der Waals surface area contributed by atoms with E-state index in [-0.39, 0.29) is 10.8 Å². The van der Waals surface area contributed by atoms with E-state index in [4.69, 9.17) is 14.2 Å². The van der Waals surface area contributed by atoms with Crippen LogP contribution in [-0.4, -0.2) is 20.3 Å². The highest BCUT2D eigenvalue weighted by molar-refractivity contribution is 5.51. The summed E-state index contributed by atoms with van der Waals surface area (Å²) >= 11 is 0. The van der Waals surface area contributed by atoms with Crippen molar-refractivity contribution >= 4 is 0 Å². The van der Waals surface area contributed by atoms with Gasteiger partial charge in [-0.05, 0) is 29.9 Å². The van der Waals surface area contributed by atoms with Crippen LogP contribution < -0.4 is 4.74 Å². The van der Waals surface area contributed by atoms with Crippen molar-refractivity contribution in [2.75, 3.05) is 20.3 Å². The Morgan fingerprint density at radius 2 is 1.32 bits per heavy atom. The Kier molecular flexibility index (Phi) is 4.35. The molecule has 0 atom stereocenters. The van der Waals surface area contributed by atoms with Crippen molar-refractivity contribution in [3.05, 3.63) is 28.8 Å². The van der Waals surface area contributed by atoms with E-state index in [9.17, 15) is 0 Å². The number of rotatable bonds is 2. The molecule has 0 radical (unpaired) electrons. The average Bonchev–Trinajstić information content (AvgIpc) is 2.83. The van der Waals surface area contributed by atoms with Gasteiger partial charge in [-0.15, -0.1) is 0 Å². The molecule has 3 nitrogen and oxygen atoms in total. The molecule has 0 N–H and O–H groups in total. The van der Waals surface area contributed by atoms with Crippen molar-refractivity contribution in [1.82, 2.24) is 0 Å². The molecule has 1 aliphatic rings. The van der Waals surface area contributed by atoms with Crippen LogP contribution in [0.2, 0.25) is 0 Å². The summed E-state index contributed by atoms with van der Waals surface area (Å²) in [6.07, 6.45) is 0. The third kappa shape index (κ3) is 3.16. The molecule has 0 amide bonds. The summed E-state index contributed by atoms with van der Waals surface area (Å²) in [5.41, 5.74) is 3.42. The summed E-state index contributed by atoms with van der Waals surface area (Å²) in [6.45, 7) is 16.5. The van der Waals surface area contributed by atoms with Gasteiger partial charge in [-0.3, -0.25) is 0 Å². The molecule has 124 valence electrons. The molecule has 0 unspecified atom stereocenters. The van der Waals surface area contributed by atoms with Gasteiger partial charge >= 0.3 is 0 Å². The standard InChI is InChI=1S/C19H30O3/c1-17(2,3)14-11-13(19(7)21-9-10-22-19)12-15(16(14)20-8)18(4,5)6/h11-12H,9-10H2,1-8H3. The van der Waals surface area contributed by atoms with Gasteiger partial charge in [-0.1, -0.05) is 41.5 Å². The molecule has 1 saturated heterocycles. The molecule has 1 heterocycles. The summed E-state index contributed by atoms with van der Waals surface area (Å²) in [4.78, 5) is 0. The van der Waals surface area contributed by atoms with Gasteiger partial charge in [-0.25, -0.2) is 0 Å². The number of hydrogen-bond donors (Lipinski definition) is 0. The minimum Gasteiger partial charge on any atom is -0.496 e. The van der Waals surface area contributed by atoms with Crippen LogP contribution in [0.15, 0.2) is 12.1 Å². The average molecular weight is 306 g/mol. The first-order valence-corrected chi connectivity index (χ1v) is 8.00. The van der Waals surface area contributed by atoms with Crippen LogP contribution in [-0.2, 0) is 26.1 Å². The zero-order valence-electron chi connectivity index (χ0n) is 15.3. The minimum absolute atomic E-state index is 0.0175. The molecule has 1 aliphatic heterocycles. The first-order valence-electron chi connectivity index (χ1n) is 8.00. The Morgan fingerprint density at radius 3 is 1.64 bits per heavy atom. The lowest BCUT2D eigenvalue weighted by atomic mass is 9.77. The van der Waals surface area contributed by atoms with E-state index in [0.29, 0.717) is 13.2 Å². The topological polar surface area (TPSA) is 27.7 Å². The Balaban J connectivity index is 2.72. The van der Waals surface area contributed by atoms with E-state index in [1.54, 1.807) is 7.11 Å². The molecule has 2 rings (SSSR count). The van der Waals surface area contributed by atoms with Crippen LogP contribution in [0, 0.1) is 0 Å². The monoisotopic (exact) mass is 306 g/mol. The highest BCUT2D eigenvalue weighted by Crippen LogP contribution is 2.43. The molecule has 1 aromatic carbocycles. The lowest BCUT2D eigenvalue weighted by Crippen LogP contribution is -2.26. The van der Waals surface area contributed by atoms with E-state index in [1.807, 2.05) is 6.92 Å². The number of methoxy groups -OCH3 is 1. The Morgan fingerprint density at radius 1 is 0.909 bits per heavy atom. The van der Waals surface area contributed by atoms with Gasteiger partial charge in [0.1, 0.15) is 5.75 Å². The lowest BCUT2D eigenvalue weighted by Gasteiger charge is -2.32. The van der Waals surface area contributed by atoms with Crippen LogP contribution in [0.4, 0.5) is 0 Å². The van der Waals surface area contributed by atoms with Crippen LogP contribution in [0.25, 0.3) is 0 Å². The second-order valence-corrected chi connectivity index (χ2v) is 8.25. The molecule has 0 aliphatic carbocycles. The predicted molar refractivity (Wildman–Crippen MR) is 89.7 cm³/mol. The molecule has 0 bridgehead atoms. The number of benzene rings is 1. The van der Waals surface area contributed by atoms with Crippen LogP contribution >= 0.6 is 0 Å². The minimum atomic E-state index is -0.660. The van der Waals surface area contributed by atoms with Crippen molar-refractivity contribution < 1.29 is 14.2 Å². The van der Waals surface area contributed by atoms with Gasteiger partial charge in [0.25, 0.3) is 0 Å². The summed E-state index contributed by atoms with van der Waals surface area (Å²) in [5.74, 6) is 0.317. The summed E-state index contributed by atoms with van der Waals surface area (Å²) in [6, 6.07) is 4.36. The molecule has 0 aromatic heterocycles. The van der Waals surface area contributed by atoms with E-state index < -0.39 is 5.79 Å². The molecule has 0 saturated carbocycles. The molecule has 1 fully saturated rings. The third-order valence-corrected chi connectivity index (χ3v) is 4.27. The Bertz CT molecular complexity index is 506.